The average Bonchev–Trinajstić information content (AvgIpc) is 3.43. The fraction of sp³-hybridized carbons (Fsp3) is 0.276. The van der Waals surface area contributed by atoms with Crippen LogP contribution < -0.4 is 11.1 Å². The number of aromatic nitrogens is 4. The summed E-state index contributed by atoms with van der Waals surface area (Å²) in [5.74, 6) is 0.757. The maximum Gasteiger partial charge on any atom is 0.272 e. The van der Waals surface area contributed by atoms with E-state index < -0.39 is 0 Å². The number of para-hydroxylation sites is 1. The van der Waals surface area contributed by atoms with E-state index in [0.29, 0.717) is 58.4 Å². The lowest BCUT2D eigenvalue weighted by atomic mass is 10.2. The van der Waals surface area contributed by atoms with Gasteiger partial charge < -0.3 is 4.74 Å². The number of thioether (sulfide) groups is 1. The van der Waals surface area contributed by atoms with Crippen molar-refractivity contribution in [2.45, 2.75) is 24.0 Å². The first kappa shape index (κ1) is 26.4. The third-order valence-corrected chi connectivity index (χ3v) is 9.03. The van der Waals surface area contributed by atoms with Crippen molar-refractivity contribution < 1.29 is 4.74 Å². The second-order valence-electron chi connectivity index (χ2n) is 9.38. The number of rotatable bonds is 8. The zero-order valence-electron chi connectivity index (χ0n) is 21.7. The monoisotopic (exact) mass is 570 g/mol. The molecule has 0 unspecified atom stereocenters. The molecule has 2 aromatic carbocycles. The Bertz CT molecular complexity index is 1840. The summed E-state index contributed by atoms with van der Waals surface area (Å²) < 4.78 is 9.24. The molecule has 0 atom stereocenters. The molecule has 0 N–H and O–H groups in total. The zero-order valence-corrected chi connectivity index (χ0v) is 23.3. The van der Waals surface area contributed by atoms with Gasteiger partial charge in [0.1, 0.15) is 17.1 Å². The van der Waals surface area contributed by atoms with Crippen LogP contribution >= 0.6 is 23.1 Å². The first-order valence-corrected chi connectivity index (χ1v) is 14.8. The van der Waals surface area contributed by atoms with E-state index >= 15 is 0 Å². The lowest BCUT2D eigenvalue weighted by Gasteiger charge is -2.27. The van der Waals surface area contributed by atoms with E-state index in [9.17, 15) is 14.9 Å². The van der Waals surface area contributed by atoms with E-state index in [0.717, 1.165) is 23.5 Å². The lowest BCUT2D eigenvalue weighted by Crippen LogP contribution is -2.39. The zero-order chi connectivity index (χ0) is 27.5. The lowest BCUT2D eigenvalue weighted by molar-refractivity contribution is 0.0359. The summed E-state index contributed by atoms with van der Waals surface area (Å²) in [6, 6.07) is 21.1. The van der Waals surface area contributed by atoms with Crippen LogP contribution in [0.5, 0.6) is 0 Å². The molecule has 0 amide bonds. The number of hydrogen-bond acceptors (Lipinski definition) is 9. The molecule has 0 aliphatic carbocycles. The van der Waals surface area contributed by atoms with E-state index in [2.05, 4.69) is 11.0 Å². The number of nitrogens with zero attached hydrogens (tertiary/aromatic N) is 6. The molecular formula is C29H26N6O3S2. The highest BCUT2D eigenvalue weighted by Crippen LogP contribution is 2.32. The summed E-state index contributed by atoms with van der Waals surface area (Å²) in [4.78, 5) is 39.9. The number of morpholine rings is 1. The van der Waals surface area contributed by atoms with Gasteiger partial charge in [-0.25, -0.2) is 9.97 Å². The number of fused-ring (bicyclic) bond motifs is 2. The van der Waals surface area contributed by atoms with E-state index in [4.69, 9.17) is 14.7 Å². The number of ether oxygens (including phenoxy) is 1. The number of nitriles is 1. The minimum atomic E-state index is -0.249. The van der Waals surface area contributed by atoms with Crippen LogP contribution in [0.3, 0.4) is 0 Å². The largest absolute Gasteiger partial charge is 0.379 e. The standard InChI is InChI=1S/C29H26N6O3S2/c30-10-11-34-25(31-22-9-5-4-8-21(22)27(34)36)19-39-29-32-23-18-24(20-6-2-1-3-7-20)40-26(23)28(37)35(29)13-12-33-14-16-38-17-15-33/h1-9,18H,11-17,19H2. The van der Waals surface area contributed by atoms with Gasteiger partial charge in [0.25, 0.3) is 11.1 Å². The topological polar surface area (TPSA) is 106 Å². The fourth-order valence-corrected chi connectivity index (χ4v) is 6.82. The van der Waals surface area contributed by atoms with Gasteiger partial charge in [0.2, 0.25) is 0 Å². The van der Waals surface area contributed by atoms with Crippen molar-refractivity contribution in [3.63, 3.8) is 0 Å². The highest BCUT2D eigenvalue weighted by atomic mass is 32.2. The Balaban J connectivity index is 1.39. The third-order valence-electron chi connectivity index (χ3n) is 6.90. The van der Waals surface area contributed by atoms with Gasteiger partial charge in [-0.05, 0) is 23.8 Å². The molecule has 202 valence electrons. The molecule has 1 saturated heterocycles. The molecule has 1 aliphatic heterocycles. The Kier molecular flexibility index (Phi) is 7.75. The molecule has 4 heterocycles. The van der Waals surface area contributed by atoms with Crippen LogP contribution in [-0.4, -0.2) is 56.9 Å². The molecule has 5 aromatic rings. The minimum Gasteiger partial charge on any atom is -0.379 e. The second kappa shape index (κ2) is 11.7. The van der Waals surface area contributed by atoms with E-state index in [1.54, 1.807) is 22.8 Å². The van der Waals surface area contributed by atoms with Crippen molar-refractivity contribution in [3.8, 4) is 16.5 Å². The highest BCUT2D eigenvalue weighted by molar-refractivity contribution is 7.98. The average molecular weight is 571 g/mol. The highest BCUT2D eigenvalue weighted by Gasteiger charge is 2.19. The van der Waals surface area contributed by atoms with Gasteiger partial charge in [0, 0.05) is 31.1 Å². The maximum atomic E-state index is 13.8. The van der Waals surface area contributed by atoms with Crippen LogP contribution in [0.25, 0.3) is 31.6 Å². The molecule has 0 radical (unpaired) electrons. The summed E-state index contributed by atoms with van der Waals surface area (Å²) in [6.07, 6.45) is 0. The molecule has 40 heavy (non-hydrogen) atoms. The van der Waals surface area contributed by atoms with E-state index in [1.165, 1.54) is 27.7 Å². The summed E-state index contributed by atoms with van der Waals surface area (Å²) in [7, 11) is 0. The Morgan fingerprint density at radius 2 is 1.70 bits per heavy atom. The number of thiophene rings is 1. The number of hydrogen-bond donors (Lipinski definition) is 0. The van der Waals surface area contributed by atoms with Crippen molar-refractivity contribution in [2.75, 3.05) is 32.8 Å². The van der Waals surface area contributed by atoms with Gasteiger partial charge in [-0.15, -0.1) is 11.3 Å². The Morgan fingerprint density at radius 3 is 2.50 bits per heavy atom. The van der Waals surface area contributed by atoms with Crippen LogP contribution in [-0.2, 0) is 23.6 Å². The molecule has 3 aromatic heterocycles. The molecule has 9 nitrogen and oxygen atoms in total. The van der Waals surface area contributed by atoms with Gasteiger partial charge in [-0.1, -0.05) is 54.2 Å². The van der Waals surface area contributed by atoms with Crippen LogP contribution in [0.2, 0.25) is 0 Å². The quantitative estimate of drug-likeness (QED) is 0.204. The van der Waals surface area contributed by atoms with Crippen LogP contribution in [0.4, 0.5) is 0 Å². The van der Waals surface area contributed by atoms with Gasteiger partial charge in [-0.2, -0.15) is 5.26 Å². The van der Waals surface area contributed by atoms with Crippen molar-refractivity contribution in [1.82, 2.24) is 24.0 Å². The van der Waals surface area contributed by atoms with Crippen molar-refractivity contribution in [2.24, 2.45) is 0 Å². The molecule has 11 heteroatoms. The van der Waals surface area contributed by atoms with Gasteiger partial charge in [-0.3, -0.25) is 23.6 Å². The van der Waals surface area contributed by atoms with Gasteiger partial charge >= 0.3 is 0 Å². The summed E-state index contributed by atoms with van der Waals surface area (Å²) in [6.45, 7) is 4.10. The number of benzene rings is 2. The molecule has 0 saturated carbocycles. The molecule has 0 spiro atoms. The minimum absolute atomic E-state index is 0.0752. The van der Waals surface area contributed by atoms with Crippen molar-refractivity contribution in [3.05, 3.63) is 87.2 Å². The van der Waals surface area contributed by atoms with E-state index in [1.807, 2.05) is 42.5 Å². The van der Waals surface area contributed by atoms with E-state index in [-0.39, 0.29) is 23.4 Å². The maximum absolute atomic E-state index is 13.8. The normalized spacial score (nSPS) is 14.1. The third kappa shape index (κ3) is 5.31. The van der Waals surface area contributed by atoms with Crippen LogP contribution in [0.15, 0.2) is 75.4 Å². The molecule has 1 aliphatic rings. The Hall–Kier alpha value is -3.82. The second-order valence-corrected chi connectivity index (χ2v) is 11.4. The van der Waals surface area contributed by atoms with Crippen LogP contribution in [0.1, 0.15) is 5.82 Å². The first-order valence-electron chi connectivity index (χ1n) is 13.0. The first-order chi connectivity index (χ1) is 19.6. The Morgan fingerprint density at radius 1 is 0.925 bits per heavy atom. The molecule has 1 fully saturated rings. The molecule has 0 bridgehead atoms. The molecule has 6 rings (SSSR count). The van der Waals surface area contributed by atoms with Gasteiger partial charge in [0.05, 0.1) is 41.5 Å². The van der Waals surface area contributed by atoms with Crippen molar-refractivity contribution >= 4 is 44.2 Å². The fourth-order valence-electron chi connectivity index (χ4n) is 4.80. The van der Waals surface area contributed by atoms with Gasteiger partial charge in [0.15, 0.2) is 5.16 Å². The summed E-state index contributed by atoms with van der Waals surface area (Å²) in [5, 5.41) is 10.4. The summed E-state index contributed by atoms with van der Waals surface area (Å²) >= 11 is 2.82. The smallest absolute Gasteiger partial charge is 0.272 e. The Labute approximate surface area is 238 Å². The predicted molar refractivity (Wildman–Crippen MR) is 158 cm³/mol. The summed E-state index contributed by atoms with van der Waals surface area (Å²) in [5.41, 5.74) is 1.95. The predicted octanol–water partition coefficient (Wildman–Crippen LogP) is 3.98. The SMILES string of the molecule is N#CCn1c(CSc2nc3cc(-c4ccccc4)sc3c(=O)n2CCN2CCOCC2)nc2ccccc2c1=O. The van der Waals surface area contributed by atoms with Crippen LogP contribution in [0, 0.1) is 11.3 Å². The van der Waals surface area contributed by atoms with Crippen molar-refractivity contribution in [1.29, 1.82) is 5.26 Å². The molecular weight excluding hydrogens is 544 g/mol.